The molecule has 1 aliphatic heterocycles. The van der Waals surface area contributed by atoms with Crippen molar-refractivity contribution in [1.82, 2.24) is 4.31 Å². The van der Waals surface area contributed by atoms with Crippen LogP contribution in [0.1, 0.15) is 22.8 Å². The maximum absolute atomic E-state index is 13.9. The fourth-order valence-electron chi connectivity index (χ4n) is 3.14. The molecule has 3 rings (SSSR count). The van der Waals surface area contributed by atoms with E-state index in [1.165, 1.54) is 34.7 Å². The molecule has 0 aromatic heterocycles. The average Bonchev–Trinajstić information content (AvgIpc) is 2.88. The molecule has 0 bridgehead atoms. The van der Waals surface area contributed by atoms with Crippen LogP contribution in [-0.4, -0.2) is 38.7 Å². The predicted octanol–water partition coefficient (Wildman–Crippen LogP) is 4.01. The molecule has 1 fully saturated rings. The Bertz CT molecular complexity index is 886. The molecule has 0 aliphatic carbocycles. The summed E-state index contributed by atoms with van der Waals surface area (Å²) in [6, 6.07) is 12.0. The van der Waals surface area contributed by atoms with Gasteiger partial charge in [-0.25, -0.2) is 12.8 Å². The maximum atomic E-state index is 13.9. The first kappa shape index (κ1) is 19.2. The van der Waals surface area contributed by atoms with Crippen LogP contribution < -0.4 is 4.74 Å². The van der Waals surface area contributed by atoms with Crippen molar-refractivity contribution < 1.29 is 17.5 Å². The first-order chi connectivity index (χ1) is 12.4. The van der Waals surface area contributed by atoms with E-state index in [0.717, 1.165) is 12.5 Å². The van der Waals surface area contributed by atoms with E-state index in [-0.39, 0.29) is 15.9 Å². The fraction of sp³-hybridized carbons (Fsp3) is 0.368. The van der Waals surface area contributed by atoms with E-state index >= 15 is 0 Å². The van der Waals surface area contributed by atoms with Gasteiger partial charge >= 0.3 is 0 Å². The Kier molecular flexibility index (Phi) is 5.89. The number of hydrogen-bond acceptors (Lipinski definition) is 4. The second-order valence-electron chi connectivity index (χ2n) is 6.21. The largest absolute Gasteiger partial charge is 0.494 e. The summed E-state index contributed by atoms with van der Waals surface area (Å²) in [7, 11) is -2.37. The summed E-state index contributed by atoms with van der Waals surface area (Å²) in [6.45, 7) is 2.92. The molecule has 4 nitrogen and oxygen atoms in total. The highest BCUT2D eigenvalue weighted by atomic mass is 32.2. The zero-order valence-electron chi connectivity index (χ0n) is 14.8. The Labute approximate surface area is 158 Å². The topological polar surface area (TPSA) is 46.6 Å². The normalized spacial score (nSPS) is 19.1. The van der Waals surface area contributed by atoms with Gasteiger partial charge in [-0.2, -0.15) is 16.1 Å². The molecule has 1 atom stereocenters. The maximum Gasteiger partial charge on any atom is 0.243 e. The molecule has 0 N–H and O–H groups in total. The first-order valence-corrected chi connectivity index (χ1v) is 10.9. The van der Waals surface area contributed by atoms with Crippen LogP contribution in [0.25, 0.3) is 0 Å². The third-order valence-corrected chi connectivity index (χ3v) is 7.80. The van der Waals surface area contributed by atoms with E-state index in [4.69, 9.17) is 4.74 Å². The Morgan fingerprint density at radius 2 is 1.96 bits per heavy atom. The molecule has 2 aromatic carbocycles. The number of aryl methyl sites for hydroxylation is 1. The van der Waals surface area contributed by atoms with Gasteiger partial charge in [0.15, 0.2) is 11.6 Å². The second kappa shape index (κ2) is 7.98. The molecule has 0 amide bonds. The zero-order valence-corrected chi connectivity index (χ0v) is 16.4. The van der Waals surface area contributed by atoms with Crippen LogP contribution in [0.4, 0.5) is 4.39 Å². The van der Waals surface area contributed by atoms with Crippen LogP contribution in [0.5, 0.6) is 5.75 Å². The van der Waals surface area contributed by atoms with Gasteiger partial charge in [-0.1, -0.05) is 24.3 Å². The van der Waals surface area contributed by atoms with E-state index in [1.54, 1.807) is 11.8 Å². The van der Waals surface area contributed by atoms with Gasteiger partial charge < -0.3 is 4.74 Å². The number of sulfonamides is 1. The second-order valence-corrected chi connectivity index (χ2v) is 9.45. The minimum Gasteiger partial charge on any atom is -0.494 e. The van der Waals surface area contributed by atoms with Crippen LogP contribution in [0.15, 0.2) is 47.4 Å². The number of benzene rings is 2. The number of methoxy groups -OCH3 is 1. The third-order valence-electron chi connectivity index (χ3n) is 4.60. The van der Waals surface area contributed by atoms with Crippen molar-refractivity contribution in [1.29, 1.82) is 0 Å². The minimum absolute atomic E-state index is 0.0323. The van der Waals surface area contributed by atoms with Crippen molar-refractivity contribution in [3.63, 3.8) is 0 Å². The molecule has 1 heterocycles. The Hall–Kier alpha value is -1.57. The quantitative estimate of drug-likeness (QED) is 0.785. The van der Waals surface area contributed by atoms with E-state index in [0.29, 0.717) is 18.8 Å². The number of thioether (sulfide) groups is 1. The van der Waals surface area contributed by atoms with Gasteiger partial charge in [0.05, 0.1) is 12.0 Å². The van der Waals surface area contributed by atoms with Crippen LogP contribution >= 0.6 is 11.8 Å². The average molecular weight is 396 g/mol. The number of ether oxygens (including phenoxy) is 1. The number of halogens is 1. The Morgan fingerprint density at radius 1 is 1.19 bits per heavy atom. The van der Waals surface area contributed by atoms with Crippen molar-refractivity contribution in [2.75, 3.05) is 26.0 Å². The summed E-state index contributed by atoms with van der Waals surface area (Å²) in [4.78, 5) is -0.0323. The van der Waals surface area contributed by atoms with Crippen LogP contribution in [0.2, 0.25) is 0 Å². The summed E-state index contributed by atoms with van der Waals surface area (Å²) in [6.07, 6.45) is 0.730. The molecule has 0 spiro atoms. The smallest absolute Gasteiger partial charge is 0.243 e. The molecule has 0 saturated carbocycles. The van der Waals surface area contributed by atoms with Crippen molar-refractivity contribution in [2.24, 2.45) is 0 Å². The molecule has 26 heavy (non-hydrogen) atoms. The van der Waals surface area contributed by atoms with Crippen molar-refractivity contribution >= 4 is 21.8 Å². The van der Waals surface area contributed by atoms with Crippen molar-refractivity contribution in [2.45, 2.75) is 23.5 Å². The van der Waals surface area contributed by atoms with E-state index < -0.39 is 15.8 Å². The van der Waals surface area contributed by atoms with E-state index in [2.05, 4.69) is 19.1 Å². The van der Waals surface area contributed by atoms with Crippen molar-refractivity contribution in [3.05, 3.63) is 59.4 Å². The number of nitrogens with zero attached hydrogens (tertiary/aromatic N) is 1. The number of hydrogen-bond donors (Lipinski definition) is 0. The highest BCUT2D eigenvalue weighted by Gasteiger charge is 2.29. The standard InChI is InChI=1S/C19H22FNO3S2/c1-14-5-3-4-6-16(14)19-9-10-21(11-12-25-19)26(22,23)15-7-8-18(24-2)17(20)13-15/h3-8,13,19H,9-12H2,1-2H3. The molecule has 7 heteroatoms. The molecule has 1 aliphatic rings. The van der Waals surface area contributed by atoms with Gasteiger partial charge in [0, 0.05) is 24.1 Å². The molecule has 0 radical (unpaired) electrons. The lowest BCUT2D eigenvalue weighted by molar-refractivity contribution is 0.385. The van der Waals surface area contributed by atoms with Gasteiger partial charge in [0.2, 0.25) is 10.0 Å². The first-order valence-electron chi connectivity index (χ1n) is 8.44. The summed E-state index contributed by atoms with van der Waals surface area (Å²) < 4.78 is 46.1. The van der Waals surface area contributed by atoms with Gasteiger partial charge in [0.25, 0.3) is 0 Å². The highest BCUT2D eigenvalue weighted by molar-refractivity contribution is 7.99. The summed E-state index contributed by atoms with van der Waals surface area (Å²) in [5, 5.41) is 0.268. The highest BCUT2D eigenvalue weighted by Crippen LogP contribution is 2.37. The number of rotatable bonds is 4. The summed E-state index contributed by atoms with van der Waals surface area (Å²) in [5.41, 5.74) is 2.48. The van der Waals surface area contributed by atoms with Crippen molar-refractivity contribution in [3.8, 4) is 5.75 Å². The Balaban J connectivity index is 1.80. The lowest BCUT2D eigenvalue weighted by Gasteiger charge is -2.20. The summed E-state index contributed by atoms with van der Waals surface area (Å²) in [5.74, 6) is 0.0715. The monoisotopic (exact) mass is 395 g/mol. The van der Waals surface area contributed by atoms with Crippen LogP contribution in [0, 0.1) is 12.7 Å². The van der Waals surface area contributed by atoms with E-state index in [9.17, 15) is 12.8 Å². The van der Waals surface area contributed by atoms with Crippen LogP contribution in [0.3, 0.4) is 0 Å². The Morgan fingerprint density at radius 3 is 2.65 bits per heavy atom. The lowest BCUT2D eigenvalue weighted by atomic mass is 10.0. The van der Waals surface area contributed by atoms with Crippen LogP contribution in [-0.2, 0) is 10.0 Å². The minimum atomic E-state index is -3.72. The fourth-order valence-corrected chi connectivity index (χ4v) is 6.05. The van der Waals surface area contributed by atoms with Gasteiger partial charge in [0.1, 0.15) is 0 Å². The molecular weight excluding hydrogens is 373 g/mol. The SMILES string of the molecule is COc1ccc(S(=O)(=O)N2CCSC(c3ccccc3C)CC2)cc1F. The lowest BCUT2D eigenvalue weighted by Crippen LogP contribution is -2.33. The predicted molar refractivity (Wildman–Crippen MR) is 103 cm³/mol. The van der Waals surface area contributed by atoms with Gasteiger partial charge in [-0.3, -0.25) is 0 Å². The van der Waals surface area contributed by atoms with Gasteiger partial charge in [-0.05, 0) is 42.7 Å². The van der Waals surface area contributed by atoms with Gasteiger partial charge in [-0.15, -0.1) is 0 Å². The molecule has 140 valence electrons. The zero-order chi connectivity index (χ0) is 18.7. The molecule has 1 saturated heterocycles. The third kappa shape index (κ3) is 3.89. The molecular formula is C19H22FNO3S2. The summed E-state index contributed by atoms with van der Waals surface area (Å²) >= 11 is 1.78. The van der Waals surface area contributed by atoms with E-state index in [1.807, 2.05) is 12.1 Å². The molecule has 2 aromatic rings. The molecule has 1 unspecified atom stereocenters.